The average Bonchev–Trinajstić information content (AvgIpc) is 3.32. The third-order valence-corrected chi connectivity index (χ3v) is 4.31. The van der Waals surface area contributed by atoms with Gasteiger partial charge in [0, 0.05) is 18.2 Å². The zero-order valence-electron chi connectivity index (χ0n) is 14.5. The summed E-state index contributed by atoms with van der Waals surface area (Å²) in [5.74, 6) is 0.709. The van der Waals surface area contributed by atoms with Crippen LogP contribution in [0.25, 0.3) is 0 Å². The van der Waals surface area contributed by atoms with Gasteiger partial charge in [-0.1, -0.05) is 30.3 Å². The van der Waals surface area contributed by atoms with Gasteiger partial charge in [0.2, 0.25) is 5.91 Å². The molecule has 1 unspecified atom stereocenters. The quantitative estimate of drug-likeness (QED) is 0.710. The Bertz CT molecular complexity index is 965. The van der Waals surface area contributed by atoms with Crippen molar-refractivity contribution in [2.24, 2.45) is 0 Å². The first-order chi connectivity index (χ1) is 13.2. The maximum Gasteiger partial charge on any atom is 0.291 e. The number of hydrogen-bond acceptors (Lipinski definition) is 4. The lowest BCUT2D eigenvalue weighted by molar-refractivity contribution is -0.119. The van der Waals surface area contributed by atoms with E-state index in [0.717, 1.165) is 12.0 Å². The van der Waals surface area contributed by atoms with Crippen molar-refractivity contribution in [3.05, 3.63) is 78.1 Å². The van der Waals surface area contributed by atoms with Gasteiger partial charge in [-0.15, -0.1) is 0 Å². The van der Waals surface area contributed by atoms with Crippen LogP contribution in [-0.2, 0) is 4.79 Å². The number of furan rings is 1. The van der Waals surface area contributed by atoms with E-state index in [0.29, 0.717) is 17.9 Å². The molecule has 0 bridgehead atoms. The number of ether oxygens (including phenoxy) is 1. The van der Waals surface area contributed by atoms with Crippen molar-refractivity contribution >= 4 is 17.5 Å². The monoisotopic (exact) mass is 362 g/mol. The minimum absolute atomic E-state index is 0.0103. The van der Waals surface area contributed by atoms with E-state index in [1.807, 2.05) is 36.4 Å². The van der Waals surface area contributed by atoms with Crippen LogP contribution >= 0.6 is 0 Å². The Morgan fingerprint density at radius 1 is 1.07 bits per heavy atom. The van der Waals surface area contributed by atoms with Gasteiger partial charge in [0.1, 0.15) is 5.75 Å². The molecule has 1 fully saturated rings. The highest BCUT2D eigenvalue weighted by atomic mass is 16.6. The third kappa shape index (κ3) is 4.00. The van der Waals surface area contributed by atoms with Crippen molar-refractivity contribution in [3.63, 3.8) is 0 Å². The van der Waals surface area contributed by atoms with Crippen molar-refractivity contribution in [3.8, 4) is 11.7 Å². The van der Waals surface area contributed by atoms with Crippen molar-refractivity contribution in [2.45, 2.75) is 18.9 Å². The lowest BCUT2D eigenvalue weighted by Crippen LogP contribution is -2.18. The Morgan fingerprint density at radius 2 is 1.93 bits per heavy atom. The smallest absolute Gasteiger partial charge is 0.291 e. The number of para-hydroxylation sites is 1. The minimum Gasteiger partial charge on any atom is -0.426 e. The fourth-order valence-corrected chi connectivity index (χ4v) is 2.99. The molecule has 3 aromatic rings. The van der Waals surface area contributed by atoms with Crippen LogP contribution in [-0.4, -0.2) is 11.8 Å². The fourth-order valence-electron chi connectivity index (χ4n) is 2.99. The van der Waals surface area contributed by atoms with E-state index in [-0.39, 0.29) is 29.6 Å². The first-order valence-electron chi connectivity index (χ1n) is 8.71. The molecule has 2 aromatic carbocycles. The predicted molar refractivity (Wildman–Crippen MR) is 99.7 cm³/mol. The number of anilines is 1. The van der Waals surface area contributed by atoms with Crippen molar-refractivity contribution < 1.29 is 18.7 Å². The summed E-state index contributed by atoms with van der Waals surface area (Å²) in [6.07, 6.45) is 1.28. The molecular formula is C21H18N2O4. The molecule has 0 spiro atoms. The molecule has 4 rings (SSSR count). The zero-order chi connectivity index (χ0) is 18.6. The molecular weight excluding hydrogens is 344 g/mol. The number of benzene rings is 2. The van der Waals surface area contributed by atoms with Gasteiger partial charge in [-0.3, -0.25) is 9.59 Å². The predicted octanol–water partition coefficient (Wildman–Crippen LogP) is 4.28. The Kier molecular flexibility index (Phi) is 4.61. The highest BCUT2D eigenvalue weighted by Crippen LogP contribution is 2.27. The summed E-state index contributed by atoms with van der Waals surface area (Å²) >= 11 is 0. The molecule has 6 nitrogen and oxygen atoms in total. The van der Waals surface area contributed by atoms with Gasteiger partial charge >= 0.3 is 0 Å². The second-order valence-corrected chi connectivity index (χ2v) is 6.27. The van der Waals surface area contributed by atoms with E-state index in [2.05, 4.69) is 10.6 Å². The minimum atomic E-state index is -0.370. The van der Waals surface area contributed by atoms with E-state index in [1.54, 1.807) is 30.3 Å². The van der Waals surface area contributed by atoms with Gasteiger partial charge in [0.15, 0.2) is 5.76 Å². The van der Waals surface area contributed by atoms with Crippen LogP contribution < -0.4 is 15.4 Å². The lowest BCUT2D eigenvalue weighted by Gasteiger charge is -2.12. The molecule has 1 aromatic heterocycles. The third-order valence-electron chi connectivity index (χ3n) is 4.31. The van der Waals surface area contributed by atoms with E-state index < -0.39 is 0 Å². The second kappa shape index (κ2) is 7.37. The second-order valence-electron chi connectivity index (χ2n) is 6.27. The molecule has 2 N–H and O–H groups in total. The maximum atomic E-state index is 12.4. The Hall–Kier alpha value is -3.54. The van der Waals surface area contributed by atoms with Crippen molar-refractivity contribution in [1.29, 1.82) is 0 Å². The molecule has 1 saturated heterocycles. The van der Waals surface area contributed by atoms with Gasteiger partial charge in [-0.25, -0.2) is 0 Å². The average molecular weight is 362 g/mol. The molecule has 136 valence electrons. The Balaban J connectivity index is 1.43. The normalized spacial score (nSPS) is 16.0. The molecule has 0 radical (unpaired) electrons. The molecule has 1 aliphatic heterocycles. The van der Waals surface area contributed by atoms with Crippen LogP contribution in [0.2, 0.25) is 0 Å². The zero-order valence-corrected chi connectivity index (χ0v) is 14.5. The summed E-state index contributed by atoms with van der Waals surface area (Å²) in [4.78, 5) is 23.8. The number of amides is 2. The summed E-state index contributed by atoms with van der Waals surface area (Å²) in [6.45, 7) is 0. The maximum absolute atomic E-state index is 12.4. The fraction of sp³-hybridized carbons (Fsp3) is 0.143. The summed E-state index contributed by atoms with van der Waals surface area (Å²) in [6, 6.07) is 19.8. The van der Waals surface area contributed by atoms with Gasteiger partial charge < -0.3 is 19.8 Å². The summed E-state index contributed by atoms with van der Waals surface area (Å²) in [7, 11) is 0. The number of rotatable bonds is 5. The highest BCUT2D eigenvalue weighted by Gasteiger charge is 2.22. The summed E-state index contributed by atoms with van der Waals surface area (Å²) in [5.41, 5.74) is 1.60. The van der Waals surface area contributed by atoms with Crippen LogP contribution in [0, 0.1) is 0 Å². The molecule has 6 heteroatoms. The van der Waals surface area contributed by atoms with Crippen LogP contribution in [0.15, 0.2) is 71.1 Å². The number of hydrogen-bond donors (Lipinski definition) is 2. The Labute approximate surface area is 156 Å². The number of nitrogens with one attached hydrogen (secondary N) is 2. The van der Waals surface area contributed by atoms with E-state index in [4.69, 9.17) is 9.15 Å². The van der Waals surface area contributed by atoms with E-state index >= 15 is 0 Å². The first kappa shape index (κ1) is 16.9. The molecule has 0 saturated carbocycles. The van der Waals surface area contributed by atoms with Crippen LogP contribution in [0.3, 0.4) is 0 Å². The molecule has 27 heavy (non-hydrogen) atoms. The summed E-state index contributed by atoms with van der Waals surface area (Å²) < 4.78 is 11.0. The van der Waals surface area contributed by atoms with Crippen LogP contribution in [0.1, 0.15) is 35.0 Å². The van der Waals surface area contributed by atoms with Crippen LogP contribution in [0.4, 0.5) is 5.69 Å². The lowest BCUT2D eigenvalue weighted by atomic mass is 10.0. The standard InChI is InChI=1S/C21H18N2O4/c24-19-11-9-17(23-19)14-5-4-6-15(13-14)22-21(25)18-10-12-20(27-18)26-16-7-2-1-3-8-16/h1-8,10,12-13,17H,9,11H2,(H,22,25)(H,23,24). The Morgan fingerprint density at radius 3 is 2.70 bits per heavy atom. The number of carbonyl (C=O) groups excluding carboxylic acids is 2. The van der Waals surface area contributed by atoms with Crippen molar-refractivity contribution in [1.82, 2.24) is 5.32 Å². The van der Waals surface area contributed by atoms with Crippen molar-refractivity contribution in [2.75, 3.05) is 5.32 Å². The molecule has 2 heterocycles. The van der Waals surface area contributed by atoms with E-state index in [9.17, 15) is 9.59 Å². The van der Waals surface area contributed by atoms with Gasteiger partial charge in [0.25, 0.3) is 11.9 Å². The number of carbonyl (C=O) groups is 2. The van der Waals surface area contributed by atoms with Gasteiger partial charge in [0.05, 0.1) is 6.04 Å². The highest BCUT2D eigenvalue weighted by molar-refractivity contribution is 6.02. The first-order valence-corrected chi connectivity index (χ1v) is 8.71. The molecule has 0 aliphatic carbocycles. The SMILES string of the molecule is O=C1CCC(c2cccc(NC(=O)c3ccc(Oc4ccccc4)o3)c2)N1. The largest absolute Gasteiger partial charge is 0.426 e. The molecule has 1 aliphatic rings. The molecule has 2 amide bonds. The molecule has 1 atom stereocenters. The van der Waals surface area contributed by atoms with Gasteiger partial charge in [-0.2, -0.15) is 0 Å². The van der Waals surface area contributed by atoms with E-state index in [1.165, 1.54) is 0 Å². The topological polar surface area (TPSA) is 80.6 Å². The summed E-state index contributed by atoms with van der Waals surface area (Å²) in [5, 5.41) is 5.73. The van der Waals surface area contributed by atoms with Crippen LogP contribution in [0.5, 0.6) is 11.7 Å². The van der Waals surface area contributed by atoms with Gasteiger partial charge in [-0.05, 0) is 42.3 Å².